The Balaban J connectivity index is 1.74. The summed E-state index contributed by atoms with van der Waals surface area (Å²) in [5.74, 6) is 1.99. The van der Waals surface area contributed by atoms with Gasteiger partial charge in [-0.1, -0.05) is 28.8 Å². The molecule has 102 valence electrons. The second-order valence-electron chi connectivity index (χ2n) is 4.32. The minimum absolute atomic E-state index is 0.432. The average molecular weight is 290 g/mol. The van der Waals surface area contributed by atoms with Crippen molar-refractivity contribution in [3.05, 3.63) is 46.7 Å². The molecule has 7 heteroatoms. The number of rotatable bonds is 4. The molecule has 3 aromatic rings. The van der Waals surface area contributed by atoms with Crippen molar-refractivity contribution in [1.29, 1.82) is 0 Å². The van der Waals surface area contributed by atoms with Crippen molar-refractivity contribution >= 4 is 17.5 Å². The summed E-state index contributed by atoms with van der Waals surface area (Å²) in [5.41, 5.74) is 1.99. The zero-order valence-electron chi connectivity index (χ0n) is 10.7. The molecule has 0 amide bonds. The molecule has 2 heterocycles. The lowest BCUT2D eigenvalue weighted by molar-refractivity contribution is 0.531. The van der Waals surface area contributed by atoms with E-state index in [2.05, 4.69) is 25.9 Å². The predicted molar refractivity (Wildman–Crippen MR) is 75.4 cm³/mol. The molecule has 0 atom stereocenters. The lowest BCUT2D eigenvalue weighted by Gasteiger charge is -2.01. The van der Waals surface area contributed by atoms with Gasteiger partial charge in [0.15, 0.2) is 0 Å². The van der Waals surface area contributed by atoms with E-state index >= 15 is 0 Å². The molecule has 0 unspecified atom stereocenters. The van der Waals surface area contributed by atoms with Crippen LogP contribution in [0.25, 0.3) is 11.3 Å². The maximum atomic E-state index is 6.12. The second kappa shape index (κ2) is 5.34. The van der Waals surface area contributed by atoms with Crippen molar-refractivity contribution in [2.24, 2.45) is 0 Å². The van der Waals surface area contributed by atoms with Crippen molar-refractivity contribution < 1.29 is 4.42 Å². The van der Waals surface area contributed by atoms with Gasteiger partial charge in [-0.25, -0.2) is 0 Å². The lowest BCUT2D eigenvalue weighted by atomic mass is 10.1. The summed E-state index contributed by atoms with van der Waals surface area (Å²) in [6, 6.07) is 9.66. The number of benzene rings is 1. The van der Waals surface area contributed by atoms with Crippen molar-refractivity contribution in [3.63, 3.8) is 0 Å². The molecule has 0 bridgehead atoms. The van der Waals surface area contributed by atoms with Gasteiger partial charge < -0.3 is 9.73 Å². The number of aromatic amines is 1. The van der Waals surface area contributed by atoms with Crippen LogP contribution in [-0.2, 0) is 6.54 Å². The van der Waals surface area contributed by atoms with Gasteiger partial charge in [0.1, 0.15) is 11.5 Å². The summed E-state index contributed by atoms with van der Waals surface area (Å²) in [6.07, 6.45) is 0. The van der Waals surface area contributed by atoms with Crippen LogP contribution < -0.4 is 5.32 Å². The molecular weight excluding hydrogens is 278 g/mol. The third kappa shape index (κ3) is 2.65. The van der Waals surface area contributed by atoms with Gasteiger partial charge in [-0.05, 0) is 35.9 Å². The van der Waals surface area contributed by atoms with Crippen LogP contribution in [0.2, 0.25) is 5.02 Å². The van der Waals surface area contributed by atoms with Crippen LogP contribution in [0.15, 0.2) is 34.7 Å². The van der Waals surface area contributed by atoms with Crippen LogP contribution in [0.3, 0.4) is 0 Å². The molecule has 2 N–H and O–H groups in total. The Kier molecular flexibility index (Phi) is 3.39. The molecule has 0 aliphatic rings. The molecule has 0 fully saturated rings. The number of nitrogens with zero attached hydrogens (tertiary/aromatic N) is 3. The Morgan fingerprint density at radius 3 is 2.95 bits per heavy atom. The highest BCUT2D eigenvalue weighted by atomic mass is 35.5. The van der Waals surface area contributed by atoms with Crippen molar-refractivity contribution in [1.82, 2.24) is 20.6 Å². The Morgan fingerprint density at radius 2 is 2.20 bits per heavy atom. The molecule has 20 heavy (non-hydrogen) atoms. The van der Waals surface area contributed by atoms with Crippen molar-refractivity contribution in [2.45, 2.75) is 13.5 Å². The van der Waals surface area contributed by atoms with E-state index in [1.807, 2.05) is 37.3 Å². The number of aryl methyl sites for hydroxylation is 1. The topological polar surface area (TPSA) is 79.6 Å². The van der Waals surface area contributed by atoms with E-state index in [9.17, 15) is 0 Å². The smallest absolute Gasteiger partial charge is 0.263 e. The van der Waals surface area contributed by atoms with Gasteiger partial charge in [-0.15, -0.1) is 5.10 Å². The molecule has 2 aromatic heterocycles. The number of hydrogen-bond acceptors (Lipinski definition) is 5. The first kappa shape index (κ1) is 12.7. The predicted octanol–water partition coefficient (Wildman–Crippen LogP) is 3.03. The maximum Gasteiger partial charge on any atom is 0.263 e. The SMILES string of the molecule is Cc1ccc(-c2ccc(CNc3nn[nH]n3)o2)cc1Cl. The monoisotopic (exact) mass is 289 g/mol. The third-order valence-corrected chi connectivity index (χ3v) is 3.29. The number of halogens is 1. The van der Waals surface area contributed by atoms with Crippen LogP contribution >= 0.6 is 11.6 Å². The second-order valence-corrected chi connectivity index (χ2v) is 4.73. The van der Waals surface area contributed by atoms with Gasteiger partial charge in [0.05, 0.1) is 6.54 Å². The zero-order chi connectivity index (χ0) is 13.9. The fourth-order valence-electron chi connectivity index (χ4n) is 1.78. The summed E-state index contributed by atoms with van der Waals surface area (Å²) in [7, 11) is 0. The van der Waals surface area contributed by atoms with E-state index in [0.29, 0.717) is 12.5 Å². The standard InChI is InChI=1S/C13H12ClN5O/c1-8-2-3-9(6-11(8)14)12-5-4-10(20-12)7-15-13-16-18-19-17-13/h2-6H,7H2,1H3,(H2,15,16,17,18,19). The minimum atomic E-state index is 0.432. The fraction of sp³-hybridized carbons (Fsp3) is 0.154. The molecule has 1 aromatic carbocycles. The molecule has 0 radical (unpaired) electrons. The largest absolute Gasteiger partial charge is 0.459 e. The molecule has 6 nitrogen and oxygen atoms in total. The van der Waals surface area contributed by atoms with E-state index in [4.69, 9.17) is 16.0 Å². The molecule has 0 saturated carbocycles. The first-order valence-corrected chi connectivity index (χ1v) is 6.43. The van der Waals surface area contributed by atoms with Crippen LogP contribution in [0.4, 0.5) is 5.95 Å². The summed E-state index contributed by atoms with van der Waals surface area (Å²) in [5, 5.41) is 17.1. The van der Waals surface area contributed by atoms with Crippen LogP contribution in [0.5, 0.6) is 0 Å². The number of tetrazole rings is 1. The van der Waals surface area contributed by atoms with Crippen LogP contribution in [0.1, 0.15) is 11.3 Å². The van der Waals surface area contributed by atoms with Gasteiger partial charge in [0.2, 0.25) is 0 Å². The number of anilines is 1. The summed E-state index contributed by atoms with van der Waals surface area (Å²) >= 11 is 6.12. The Labute approximate surface area is 120 Å². The van der Waals surface area contributed by atoms with E-state index in [1.165, 1.54) is 0 Å². The van der Waals surface area contributed by atoms with Gasteiger partial charge in [0, 0.05) is 10.6 Å². The molecule has 0 spiro atoms. The highest BCUT2D eigenvalue weighted by Crippen LogP contribution is 2.27. The molecular formula is C13H12ClN5O. The minimum Gasteiger partial charge on any atom is -0.459 e. The first-order chi connectivity index (χ1) is 9.72. The fourth-order valence-corrected chi connectivity index (χ4v) is 1.96. The normalized spacial score (nSPS) is 10.7. The lowest BCUT2D eigenvalue weighted by Crippen LogP contribution is -1.99. The van der Waals surface area contributed by atoms with Crippen molar-refractivity contribution in [3.8, 4) is 11.3 Å². The van der Waals surface area contributed by atoms with Crippen LogP contribution in [0, 0.1) is 6.92 Å². The van der Waals surface area contributed by atoms with Gasteiger partial charge in [-0.3, -0.25) is 0 Å². The van der Waals surface area contributed by atoms with Gasteiger partial charge in [-0.2, -0.15) is 5.21 Å². The van der Waals surface area contributed by atoms with Crippen LogP contribution in [-0.4, -0.2) is 20.6 Å². The highest BCUT2D eigenvalue weighted by molar-refractivity contribution is 6.31. The third-order valence-electron chi connectivity index (χ3n) is 2.88. The summed E-state index contributed by atoms with van der Waals surface area (Å²) in [4.78, 5) is 0. The molecule has 0 saturated heterocycles. The molecule has 0 aliphatic heterocycles. The Morgan fingerprint density at radius 1 is 1.30 bits per heavy atom. The van der Waals surface area contributed by atoms with Gasteiger partial charge in [0.25, 0.3) is 5.95 Å². The summed E-state index contributed by atoms with van der Waals surface area (Å²) < 4.78 is 5.76. The maximum absolute atomic E-state index is 6.12. The van der Waals surface area contributed by atoms with E-state index in [1.54, 1.807) is 0 Å². The Hall–Kier alpha value is -2.34. The van der Waals surface area contributed by atoms with E-state index in [0.717, 1.165) is 27.7 Å². The molecule has 3 rings (SSSR count). The first-order valence-electron chi connectivity index (χ1n) is 6.05. The van der Waals surface area contributed by atoms with Crippen molar-refractivity contribution in [2.75, 3.05) is 5.32 Å². The number of hydrogen-bond donors (Lipinski definition) is 2. The molecule has 0 aliphatic carbocycles. The number of nitrogens with one attached hydrogen (secondary N) is 2. The number of aromatic nitrogens is 4. The number of H-pyrrole nitrogens is 1. The highest BCUT2D eigenvalue weighted by Gasteiger charge is 2.07. The average Bonchev–Trinajstić information content (AvgIpc) is 3.10. The van der Waals surface area contributed by atoms with E-state index < -0.39 is 0 Å². The summed E-state index contributed by atoms with van der Waals surface area (Å²) in [6.45, 7) is 2.45. The van der Waals surface area contributed by atoms with Gasteiger partial charge >= 0.3 is 0 Å². The van der Waals surface area contributed by atoms with E-state index in [-0.39, 0.29) is 0 Å². The quantitative estimate of drug-likeness (QED) is 0.772. The zero-order valence-corrected chi connectivity index (χ0v) is 11.5. The number of furan rings is 1. The Bertz CT molecular complexity index is 707.